The Balaban J connectivity index is 1.57. The molecule has 0 bridgehead atoms. The monoisotopic (exact) mass is 372 g/mol. The Morgan fingerprint density at radius 3 is 2.62 bits per heavy atom. The number of ether oxygens (including phenoxy) is 1. The molecule has 1 aromatic heterocycles. The summed E-state index contributed by atoms with van der Waals surface area (Å²) >= 11 is 0. The zero-order valence-electron chi connectivity index (χ0n) is 13.3. The van der Waals surface area contributed by atoms with Gasteiger partial charge in [-0.2, -0.15) is 13.2 Å². The van der Waals surface area contributed by atoms with Crippen LogP contribution >= 0.6 is 0 Å². The molecule has 1 aromatic carbocycles. The van der Waals surface area contributed by atoms with Gasteiger partial charge < -0.3 is 9.64 Å². The second-order valence-electron chi connectivity index (χ2n) is 5.80. The van der Waals surface area contributed by atoms with Gasteiger partial charge >= 0.3 is 6.18 Å². The number of nitrogens with zero attached hydrogens (tertiary/aromatic N) is 2. The largest absolute Gasteiger partial charge is 0.470 e. The summed E-state index contributed by atoms with van der Waals surface area (Å²) in [6, 6.07) is 4.93. The Morgan fingerprint density at radius 1 is 1.23 bits per heavy atom. The summed E-state index contributed by atoms with van der Waals surface area (Å²) < 4.78 is 70.3. The number of carbonyl (C=O) groups is 1. The molecule has 9 heteroatoms. The molecule has 0 saturated carbocycles. The normalized spacial score (nSPS) is 14.9. The molecule has 0 N–H and O–H groups in total. The van der Waals surface area contributed by atoms with E-state index in [-0.39, 0.29) is 25.1 Å². The molecule has 1 aliphatic rings. The van der Waals surface area contributed by atoms with E-state index in [2.05, 4.69) is 4.98 Å². The van der Waals surface area contributed by atoms with Gasteiger partial charge in [-0.1, -0.05) is 6.07 Å². The fourth-order valence-corrected chi connectivity index (χ4v) is 2.51. The molecule has 2 heterocycles. The summed E-state index contributed by atoms with van der Waals surface area (Å²) in [7, 11) is 0. The highest BCUT2D eigenvalue weighted by Gasteiger charge is 2.38. The number of likely N-dealkylation sites (tertiary alicyclic amines) is 1. The predicted octanol–water partition coefficient (Wildman–Crippen LogP) is 3.21. The number of halogens is 5. The van der Waals surface area contributed by atoms with Crippen molar-refractivity contribution in [3.05, 3.63) is 59.3 Å². The van der Waals surface area contributed by atoms with Crippen molar-refractivity contribution in [1.82, 2.24) is 9.88 Å². The first-order valence-corrected chi connectivity index (χ1v) is 7.64. The van der Waals surface area contributed by atoms with Gasteiger partial charge in [0.2, 0.25) is 11.8 Å². The van der Waals surface area contributed by atoms with Crippen LogP contribution in [0.2, 0.25) is 0 Å². The number of rotatable bonds is 4. The van der Waals surface area contributed by atoms with Crippen molar-refractivity contribution in [1.29, 1.82) is 0 Å². The Labute approximate surface area is 145 Å². The number of pyridine rings is 1. The average molecular weight is 372 g/mol. The van der Waals surface area contributed by atoms with E-state index in [0.717, 1.165) is 18.2 Å². The van der Waals surface area contributed by atoms with Gasteiger partial charge in [-0.3, -0.25) is 4.79 Å². The lowest BCUT2D eigenvalue weighted by Gasteiger charge is -2.39. The second-order valence-corrected chi connectivity index (χ2v) is 5.80. The molecule has 0 atom stereocenters. The highest BCUT2D eigenvalue weighted by atomic mass is 19.4. The van der Waals surface area contributed by atoms with Crippen molar-refractivity contribution in [2.45, 2.75) is 18.7 Å². The molecule has 3 rings (SSSR count). The van der Waals surface area contributed by atoms with E-state index in [4.69, 9.17) is 4.74 Å². The second kappa shape index (κ2) is 6.89. The van der Waals surface area contributed by atoms with Crippen LogP contribution in [-0.4, -0.2) is 35.0 Å². The molecule has 1 amide bonds. The summed E-state index contributed by atoms with van der Waals surface area (Å²) in [5.74, 6) is -2.53. The van der Waals surface area contributed by atoms with E-state index in [1.165, 1.54) is 17.2 Å². The van der Waals surface area contributed by atoms with Crippen molar-refractivity contribution >= 4 is 5.91 Å². The molecule has 0 aliphatic carbocycles. The molecule has 138 valence electrons. The lowest BCUT2D eigenvalue weighted by atomic mass is 10.1. The zero-order chi connectivity index (χ0) is 18.9. The number of hydrogen-bond acceptors (Lipinski definition) is 3. The third kappa shape index (κ3) is 3.92. The highest BCUT2D eigenvalue weighted by molar-refractivity contribution is 5.79. The van der Waals surface area contributed by atoms with Crippen molar-refractivity contribution < 1.29 is 31.5 Å². The van der Waals surface area contributed by atoms with Gasteiger partial charge in [-0.15, -0.1) is 0 Å². The third-order valence-electron chi connectivity index (χ3n) is 3.91. The first-order chi connectivity index (χ1) is 12.2. The number of amides is 1. The van der Waals surface area contributed by atoms with Gasteiger partial charge in [0.05, 0.1) is 19.5 Å². The molecular weight excluding hydrogens is 359 g/mol. The minimum absolute atomic E-state index is 0.0462. The van der Waals surface area contributed by atoms with Gasteiger partial charge in [0.1, 0.15) is 23.3 Å². The van der Waals surface area contributed by atoms with E-state index in [0.29, 0.717) is 6.07 Å². The number of aromatic nitrogens is 1. The first kappa shape index (κ1) is 18.1. The summed E-state index contributed by atoms with van der Waals surface area (Å²) in [6.07, 6.45) is -4.31. The molecule has 0 spiro atoms. The summed E-state index contributed by atoms with van der Waals surface area (Å²) in [4.78, 5) is 17.0. The molecule has 2 aromatic rings. The zero-order valence-corrected chi connectivity index (χ0v) is 13.3. The number of alkyl halides is 3. The van der Waals surface area contributed by atoms with Crippen molar-refractivity contribution in [3.8, 4) is 5.88 Å². The van der Waals surface area contributed by atoms with Gasteiger partial charge in [-0.25, -0.2) is 13.8 Å². The van der Waals surface area contributed by atoms with Crippen LogP contribution in [0.5, 0.6) is 5.88 Å². The predicted molar refractivity (Wildman–Crippen MR) is 80.3 cm³/mol. The Kier molecular flexibility index (Phi) is 4.80. The fraction of sp³-hybridized carbons (Fsp3) is 0.294. The van der Waals surface area contributed by atoms with E-state index < -0.39 is 41.3 Å². The van der Waals surface area contributed by atoms with Crippen LogP contribution in [0.25, 0.3) is 0 Å². The van der Waals surface area contributed by atoms with Crippen molar-refractivity contribution in [2.24, 2.45) is 0 Å². The Hall–Kier alpha value is -2.71. The number of carbonyl (C=O) groups excluding carboxylic acids is 1. The SMILES string of the molecule is O=C(Cc1ccc(F)cc1F)N1CC(Oc2ncccc2C(F)(F)F)C1. The molecule has 0 unspecified atom stereocenters. The van der Waals surface area contributed by atoms with Crippen molar-refractivity contribution in [3.63, 3.8) is 0 Å². The van der Waals surface area contributed by atoms with Crippen LogP contribution in [0, 0.1) is 11.6 Å². The minimum Gasteiger partial charge on any atom is -0.470 e. The Bertz CT molecular complexity index is 819. The van der Waals surface area contributed by atoms with Crippen LogP contribution in [0.3, 0.4) is 0 Å². The lowest BCUT2D eigenvalue weighted by molar-refractivity contribution is -0.144. The molecule has 1 saturated heterocycles. The van der Waals surface area contributed by atoms with Gasteiger partial charge in [0.25, 0.3) is 0 Å². The molecule has 4 nitrogen and oxygen atoms in total. The van der Waals surface area contributed by atoms with Gasteiger partial charge in [0, 0.05) is 12.3 Å². The maximum atomic E-state index is 13.6. The summed E-state index contributed by atoms with van der Waals surface area (Å²) in [5.41, 5.74) is -0.942. The molecule has 1 fully saturated rings. The number of hydrogen-bond donors (Lipinski definition) is 0. The summed E-state index contributed by atoms with van der Waals surface area (Å²) in [6.45, 7) is 0.130. The quantitative estimate of drug-likeness (QED) is 0.774. The first-order valence-electron chi connectivity index (χ1n) is 7.64. The standard InChI is InChI=1S/C17H13F5N2O2/c18-11-4-3-10(14(19)7-11)6-15(25)24-8-12(9-24)26-16-13(17(20,21)22)2-1-5-23-16/h1-5,7,12H,6,8-9H2. The molecule has 26 heavy (non-hydrogen) atoms. The van der Waals surface area contributed by atoms with Gasteiger partial charge in [0.15, 0.2) is 0 Å². The van der Waals surface area contributed by atoms with Crippen LogP contribution in [0.1, 0.15) is 11.1 Å². The minimum atomic E-state index is -4.59. The fourth-order valence-electron chi connectivity index (χ4n) is 2.51. The molecular formula is C17H13F5N2O2. The van der Waals surface area contributed by atoms with Gasteiger partial charge in [-0.05, 0) is 23.8 Å². The van der Waals surface area contributed by atoms with E-state index in [1.807, 2.05) is 0 Å². The molecule has 0 radical (unpaired) electrons. The average Bonchev–Trinajstić information content (AvgIpc) is 2.52. The maximum Gasteiger partial charge on any atom is 0.421 e. The summed E-state index contributed by atoms with van der Waals surface area (Å²) in [5, 5.41) is 0. The van der Waals surface area contributed by atoms with E-state index >= 15 is 0 Å². The maximum absolute atomic E-state index is 13.6. The van der Waals surface area contributed by atoms with Crippen LogP contribution < -0.4 is 4.74 Å². The van der Waals surface area contributed by atoms with Crippen LogP contribution in [0.4, 0.5) is 22.0 Å². The Morgan fingerprint density at radius 2 is 1.96 bits per heavy atom. The number of benzene rings is 1. The topological polar surface area (TPSA) is 42.4 Å². The van der Waals surface area contributed by atoms with Crippen molar-refractivity contribution in [2.75, 3.05) is 13.1 Å². The van der Waals surface area contributed by atoms with E-state index in [1.54, 1.807) is 0 Å². The smallest absolute Gasteiger partial charge is 0.421 e. The molecule has 1 aliphatic heterocycles. The van der Waals surface area contributed by atoms with Crippen LogP contribution in [0.15, 0.2) is 36.5 Å². The van der Waals surface area contributed by atoms with E-state index in [9.17, 15) is 26.7 Å². The highest BCUT2D eigenvalue weighted by Crippen LogP contribution is 2.35. The third-order valence-corrected chi connectivity index (χ3v) is 3.91. The lowest BCUT2D eigenvalue weighted by Crippen LogP contribution is -2.56. The van der Waals surface area contributed by atoms with Crippen LogP contribution in [-0.2, 0) is 17.4 Å².